The molecule has 0 atom stereocenters. The maximum Gasteiger partial charge on any atom is 0.130 e. The number of hydrogen-bond donors (Lipinski definition) is 0. The van der Waals surface area contributed by atoms with Crippen LogP contribution in [-0.4, -0.2) is 78.1 Å². The highest BCUT2D eigenvalue weighted by molar-refractivity contribution is 5.29. The van der Waals surface area contributed by atoms with Crippen molar-refractivity contribution in [1.29, 1.82) is 0 Å². The van der Waals surface area contributed by atoms with Crippen molar-refractivity contribution in [3.8, 4) is 0 Å². The number of piperazine rings is 2. The molecule has 4 heterocycles. The van der Waals surface area contributed by atoms with Crippen molar-refractivity contribution in [3.05, 3.63) is 35.9 Å². The molecule has 0 amide bonds. The fraction of sp³-hybridized carbons (Fsp3) is 0.667. The van der Waals surface area contributed by atoms with Crippen LogP contribution >= 0.6 is 0 Å². The first-order valence-corrected chi connectivity index (χ1v) is 8.94. The van der Waals surface area contributed by atoms with Crippen molar-refractivity contribution in [2.24, 2.45) is 0 Å². The highest BCUT2D eigenvalue weighted by Crippen LogP contribution is 2.47. The van der Waals surface area contributed by atoms with Gasteiger partial charge in [-0.2, -0.15) is 0 Å². The van der Waals surface area contributed by atoms with Crippen LogP contribution in [-0.2, 0) is 5.66 Å². The molecule has 5 rings (SSSR count). The van der Waals surface area contributed by atoms with Gasteiger partial charge in [0.2, 0.25) is 0 Å². The molecule has 0 saturated carbocycles. The van der Waals surface area contributed by atoms with Crippen LogP contribution in [0.4, 0.5) is 0 Å². The Bertz CT molecular complexity index is 521. The molecule has 0 radical (unpaired) electrons. The summed E-state index contributed by atoms with van der Waals surface area (Å²) in [5.74, 6) is 0. The molecular formula is C18H26N4. The van der Waals surface area contributed by atoms with E-state index < -0.39 is 0 Å². The van der Waals surface area contributed by atoms with Gasteiger partial charge in [0.1, 0.15) is 5.66 Å². The van der Waals surface area contributed by atoms with E-state index >= 15 is 0 Å². The summed E-state index contributed by atoms with van der Waals surface area (Å²) >= 11 is 0. The fourth-order valence-electron chi connectivity index (χ4n) is 5.51. The second-order valence-corrected chi connectivity index (χ2v) is 7.22. The van der Waals surface area contributed by atoms with Gasteiger partial charge >= 0.3 is 0 Å². The molecule has 0 aliphatic carbocycles. The number of rotatable bonds is 1. The standard InChI is InChI=1S/C18H26N4/c1-2-6-16(7-3-1)18-17-19-8-4-9-20(17)13-15-22(18)11-5-10-21(18)14-12-19/h1-3,6-7,17H,4-5,8-15H2. The van der Waals surface area contributed by atoms with E-state index in [4.69, 9.17) is 0 Å². The zero-order valence-corrected chi connectivity index (χ0v) is 13.3. The number of benzene rings is 1. The summed E-state index contributed by atoms with van der Waals surface area (Å²) in [5.41, 5.74) is 1.60. The monoisotopic (exact) mass is 298 g/mol. The lowest BCUT2D eigenvalue weighted by Gasteiger charge is -2.68. The van der Waals surface area contributed by atoms with Gasteiger partial charge in [-0.15, -0.1) is 0 Å². The minimum Gasteiger partial charge on any atom is -0.284 e. The van der Waals surface area contributed by atoms with Gasteiger partial charge in [0.25, 0.3) is 0 Å². The van der Waals surface area contributed by atoms with Crippen molar-refractivity contribution in [2.75, 3.05) is 52.4 Å². The molecule has 4 heteroatoms. The Morgan fingerprint density at radius 2 is 1.27 bits per heavy atom. The predicted octanol–water partition coefficient (Wildman–Crippen LogP) is 1.21. The van der Waals surface area contributed by atoms with Gasteiger partial charge < -0.3 is 0 Å². The molecule has 4 nitrogen and oxygen atoms in total. The molecule has 1 aromatic carbocycles. The lowest BCUT2D eigenvalue weighted by molar-refractivity contribution is -0.250. The van der Waals surface area contributed by atoms with Crippen LogP contribution in [0.15, 0.2) is 30.3 Å². The van der Waals surface area contributed by atoms with Crippen LogP contribution in [0, 0.1) is 0 Å². The number of hydrogen-bond acceptors (Lipinski definition) is 4. The average Bonchev–Trinajstić information content (AvgIpc) is 2.60. The van der Waals surface area contributed by atoms with E-state index in [-0.39, 0.29) is 5.66 Å². The van der Waals surface area contributed by atoms with E-state index in [2.05, 4.69) is 49.9 Å². The van der Waals surface area contributed by atoms with Gasteiger partial charge in [0.15, 0.2) is 0 Å². The first-order chi connectivity index (χ1) is 10.9. The van der Waals surface area contributed by atoms with Crippen molar-refractivity contribution < 1.29 is 0 Å². The summed E-state index contributed by atoms with van der Waals surface area (Å²) in [6, 6.07) is 11.3. The summed E-state index contributed by atoms with van der Waals surface area (Å²) < 4.78 is 0. The molecule has 4 fully saturated rings. The lowest BCUT2D eigenvalue weighted by Crippen LogP contribution is -2.82. The van der Waals surface area contributed by atoms with Gasteiger partial charge in [-0.1, -0.05) is 30.3 Å². The third kappa shape index (κ3) is 1.67. The summed E-state index contributed by atoms with van der Waals surface area (Å²) in [6.45, 7) is 9.97. The first-order valence-electron chi connectivity index (χ1n) is 8.94. The minimum atomic E-state index is 0.0937. The predicted molar refractivity (Wildman–Crippen MR) is 87.4 cm³/mol. The Labute approximate surface area is 133 Å². The van der Waals surface area contributed by atoms with Crippen molar-refractivity contribution >= 4 is 0 Å². The molecule has 0 N–H and O–H groups in total. The van der Waals surface area contributed by atoms with E-state index in [1.54, 1.807) is 0 Å². The molecule has 0 unspecified atom stereocenters. The Morgan fingerprint density at radius 3 is 1.91 bits per heavy atom. The zero-order valence-electron chi connectivity index (χ0n) is 13.3. The Kier molecular flexibility index (Phi) is 3.09. The highest BCUT2D eigenvalue weighted by Gasteiger charge is 2.60. The van der Waals surface area contributed by atoms with Crippen molar-refractivity contribution in [1.82, 2.24) is 19.6 Å². The van der Waals surface area contributed by atoms with Gasteiger partial charge in [-0.05, 0) is 18.4 Å². The summed E-state index contributed by atoms with van der Waals surface area (Å²) in [4.78, 5) is 11.1. The Hall–Kier alpha value is -0.940. The molecule has 1 aromatic rings. The summed E-state index contributed by atoms with van der Waals surface area (Å²) in [6.07, 6.45) is 3.20. The van der Waals surface area contributed by atoms with Crippen LogP contribution in [0.1, 0.15) is 18.4 Å². The second kappa shape index (κ2) is 5.03. The Morgan fingerprint density at radius 1 is 0.682 bits per heavy atom. The molecule has 0 aromatic heterocycles. The molecule has 4 aliphatic rings. The van der Waals surface area contributed by atoms with Crippen molar-refractivity contribution in [3.63, 3.8) is 0 Å². The third-order valence-corrected chi connectivity index (χ3v) is 6.28. The van der Waals surface area contributed by atoms with Crippen LogP contribution in [0.3, 0.4) is 0 Å². The van der Waals surface area contributed by atoms with E-state index in [1.165, 1.54) is 70.8 Å². The molecule has 4 saturated heterocycles. The largest absolute Gasteiger partial charge is 0.284 e. The molecule has 4 aliphatic heterocycles. The van der Waals surface area contributed by atoms with Crippen LogP contribution in [0.25, 0.3) is 0 Å². The van der Waals surface area contributed by atoms with Crippen LogP contribution < -0.4 is 0 Å². The van der Waals surface area contributed by atoms with Crippen LogP contribution in [0.2, 0.25) is 0 Å². The SMILES string of the molecule is c1ccc(C23C4N5CCCN4CCN2CCCN3CC5)cc1. The molecule has 22 heavy (non-hydrogen) atoms. The quantitative estimate of drug-likeness (QED) is 0.772. The van der Waals surface area contributed by atoms with E-state index in [1.807, 2.05) is 0 Å². The van der Waals surface area contributed by atoms with E-state index in [9.17, 15) is 0 Å². The lowest BCUT2D eigenvalue weighted by atomic mass is 9.83. The van der Waals surface area contributed by atoms with Crippen molar-refractivity contribution in [2.45, 2.75) is 24.7 Å². The second-order valence-electron chi connectivity index (χ2n) is 7.22. The molecule has 0 spiro atoms. The first kappa shape index (κ1) is 13.5. The van der Waals surface area contributed by atoms with Crippen LogP contribution in [0.5, 0.6) is 0 Å². The Balaban J connectivity index is 1.70. The fourth-order valence-corrected chi connectivity index (χ4v) is 5.51. The molecule has 118 valence electrons. The third-order valence-electron chi connectivity index (χ3n) is 6.28. The molecular weight excluding hydrogens is 272 g/mol. The highest BCUT2D eigenvalue weighted by atomic mass is 15.6. The summed E-state index contributed by atoms with van der Waals surface area (Å²) in [5, 5.41) is 0. The maximum atomic E-state index is 2.80. The summed E-state index contributed by atoms with van der Waals surface area (Å²) in [7, 11) is 0. The van der Waals surface area contributed by atoms with Gasteiger partial charge in [-0.3, -0.25) is 19.6 Å². The van der Waals surface area contributed by atoms with E-state index in [0.29, 0.717) is 6.17 Å². The maximum absolute atomic E-state index is 2.80. The van der Waals surface area contributed by atoms with E-state index in [0.717, 1.165) is 0 Å². The zero-order chi connectivity index (χ0) is 14.6. The minimum absolute atomic E-state index is 0.0937. The smallest absolute Gasteiger partial charge is 0.130 e. The van der Waals surface area contributed by atoms with Gasteiger partial charge in [0.05, 0.1) is 6.17 Å². The van der Waals surface area contributed by atoms with Gasteiger partial charge in [-0.25, -0.2) is 0 Å². The normalized spacial score (nSPS) is 37.0. The number of nitrogens with zero attached hydrogens (tertiary/aromatic N) is 4. The molecule has 0 bridgehead atoms. The topological polar surface area (TPSA) is 13.0 Å². The van der Waals surface area contributed by atoms with Gasteiger partial charge in [0, 0.05) is 52.4 Å². The average molecular weight is 298 g/mol.